The number of nitrogens with two attached hydrogens (primary N) is 2. The van der Waals surface area contributed by atoms with Gasteiger partial charge in [-0.2, -0.15) is 0 Å². The first kappa shape index (κ1) is 13.4. The van der Waals surface area contributed by atoms with E-state index in [4.69, 9.17) is 11.5 Å². The van der Waals surface area contributed by atoms with Gasteiger partial charge in [-0.3, -0.25) is 4.79 Å². The number of amides is 1. The molecule has 1 aromatic carbocycles. The number of hydrogen-bond donors (Lipinski definition) is 2. The first-order valence-corrected chi connectivity index (χ1v) is 5.93. The third kappa shape index (κ3) is 2.90. The Bertz CT molecular complexity index is 400. The summed E-state index contributed by atoms with van der Waals surface area (Å²) in [6, 6.07) is 5.56. The van der Waals surface area contributed by atoms with Crippen molar-refractivity contribution >= 4 is 17.3 Å². The van der Waals surface area contributed by atoms with Crippen molar-refractivity contribution in [2.45, 2.75) is 32.7 Å². The molecule has 4 heteroatoms. The van der Waals surface area contributed by atoms with Crippen molar-refractivity contribution in [1.82, 2.24) is 0 Å². The van der Waals surface area contributed by atoms with Crippen molar-refractivity contribution < 1.29 is 4.79 Å². The van der Waals surface area contributed by atoms with E-state index in [9.17, 15) is 4.79 Å². The van der Waals surface area contributed by atoms with E-state index in [1.54, 1.807) is 18.2 Å². The van der Waals surface area contributed by atoms with Crippen LogP contribution in [-0.4, -0.2) is 19.0 Å². The van der Waals surface area contributed by atoms with Crippen molar-refractivity contribution in [3.8, 4) is 0 Å². The number of nitrogen functional groups attached to an aromatic ring is 1. The third-order valence-electron chi connectivity index (χ3n) is 3.19. The fourth-order valence-electron chi connectivity index (χ4n) is 2.04. The molecule has 4 N–H and O–H groups in total. The zero-order valence-electron chi connectivity index (χ0n) is 10.7. The zero-order chi connectivity index (χ0) is 13.0. The van der Waals surface area contributed by atoms with E-state index in [1.165, 1.54) is 0 Å². The Balaban J connectivity index is 3.11. The highest BCUT2D eigenvalue weighted by Gasteiger charge is 2.15. The molecule has 0 bridgehead atoms. The Morgan fingerprint density at radius 1 is 1.35 bits per heavy atom. The van der Waals surface area contributed by atoms with Gasteiger partial charge < -0.3 is 16.4 Å². The average Bonchev–Trinajstić information content (AvgIpc) is 2.30. The first-order chi connectivity index (χ1) is 8.01. The van der Waals surface area contributed by atoms with Gasteiger partial charge in [0.25, 0.3) is 0 Å². The second kappa shape index (κ2) is 5.57. The fraction of sp³-hybridized carbons (Fsp3) is 0.462. The standard InChI is InChI=1S/C13H21N3O/c1-4-10(5-2)16(3)12-8-9(13(15)17)6-7-11(12)14/h6-8,10H,4-5,14H2,1-3H3,(H2,15,17). The van der Waals surface area contributed by atoms with E-state index in [-0.39, 0.29) is 0 Å². The number of nitrogens with zero attached hydrogens (tertiary/aromatic N) is 1. The first-order valence-electron chi connectivity index (χ1n) is 5.93. The van der Waals surface area contributed by atoms with E-state index >= 15 is 0 Å². The summed E-state index contributed by atoms with van der Waals surface area (Å²) in [6.07, 6.45) is 2.07. The van der Waals surface area contributed by atoms with E-state index < -0.39 is 5.91 Å². The van der Waals surface area contributed by atoms with Crippen LogP contribution in [0, 0.1) is 0 Å². The van der Waals surface area contributed by atoms with Crippen LogP contribution in [0.25, 0.3) is 0 Å². The maximum atomic E-state index is 11.2. The summed E-state index contributed by atoms with van der Waals surface area (Å²) in [5, 5.41) is 0. The number of rotatable bonds is 5. The summed E-state index contributed by atoms with van der Waals surface area (Å²) in [5.74, 6) is -0.427. The predicted molar refractivity (Wildman–Crippen MR) is 72.1 cm³/mol. The fourth-order valence-corrected chi connectivity index (χ4v) is 2.04. The van der Waals surface area contributed by atoms with E-state index in [0.717, 1.165) is 18.5 Å². The van der Waals surface area contributed by atoms with Crippen LogP contribution in [0.15, 0.2) is 18.2 Å². The van der Waals surface area contributed by atoms with Crippen LogP contribution in [0.5, 0.6) is 0 Å². The van der Waals surface area contributed by atoms with E-state index in [2.05, 4.69) is 18.7 Å². The minimum absolute atomic E-state index is 0.417. The molecular formula is C13H21N3O. The van der Waals surface area contributed by atoms with Gasteiger partial charge in [0.2, 0.25) is 5.91 Å². The van der Waals surface area contributed by atoms with Gasteiger partial charge in [-0.1, -0.05) is 13.8 Å². The molecule has 1 rings (SSSR count). The van der Waals surface area contributed by atoms with Crippen LogP contribution in [0.2, 0.25) is 0 Å². The lowest BCUT2D eigenvalue weighted by molar-refractivity contribution is 0.100. The van der Waals surface area contributed by atoms with Crippen molar-refractivity contribution in [3.63, 3.8) is 0 Å². The molecule has 0 atom stereocenters. The summed E-state index contributed by atoms with van der Waals surface area (Å²) < 4.78 is 0. The normalized spacial score (nSPS) is 10.6. The summed E-state index contributed by atoms with van der Waals surface area (Å²) in [4.78, 5) is 13.3. The SMILES string of the molecule is CCC(CC)N(C)c1cc(C(N)=O)ccc1N. The Labute approximate surface area is 103 Å². The van der Waals surface area contributed by atoms with Crippen LogP contribution in [0.3, 0.4) is 0 Å². The molecule has 1 aromatic rings. The van der Waals surface area contributed by atoms with Gasteiger partial charge in [-0.25, -0.2) is 0 Å². The van der Waals surface area contributed by atoms with Gasteiger partial charge in [0.05, 0.1) is 11.4 Å². The molecule has 0 spiro atoms. The number of benzene rings is 1. The highest BCUT2D eigenvalue weighted by atomic mass is 16.1. The highest BCUT2D eigenvalue weighted by Crippen LogP contribution is 2.26. The van der Waals surface area contributed by atoms with Gasteiger partial charge in [0.15, 0.2) is 0 Å². The summed E-state index contributed by atoms with van der Waals surface area (Å²) in [7, 11) is 1.99. The van der Waals surface area contributed by atoms with Gasteiger partial charge in [0.1, 0.15) is 0 Å². The molecule has 0 radical (unpaired) electrons. The van der Waals surface area contributed by atoms with Crippen LogP contribution in [0.4, 0.5) is 11.4 Å². The minimum atomic E-state index is -0.427. The molecule has 0 aromatic heterocycles. The molecule has 0 aliphatic heterocycles. The largest absolute Gasteiger partial charge is 0.397 e. The molecule has 4 nitrogen and oxygen atoms in total. The molecule has 0 heterocycles. The monoisotopic (exact) mass is 235 g/mol. The molecule has 0 aliphatic rings. The van der Waals surface area contributed by atoms with Crippen molar-refractivity contribution in [1.29, 1.82) is 0 Å². The lowest BCUT2D eigenvalue weighted by Gasteiger charge is -2.29. The zero-order valence-corrected chi connectivity index (χ0v) is 10.7. The predicted octanol–water partition coefficient (Wildman–Crippen LogP) is 1.99. The molecule has 94 valence electrons. The maximum absolute atomic E-state index is 11.2. The molecule has 0 fully saturated rings. The van der Waals surface area contributed by atoms with Gasteiger partial charge >= 0.3 is 0 Å². The van der Waals surface area contributed by atoms with Crippen LogP contribution in [0.1, 0.15) is 37.0 Å². The number of carbonyl (C=O) groups is 1. The van der Waals surface area contributed by atoms with Crippen LogP contribution in [-0.2, 0) is 0 Å². The Kier molecular flexibility index (Phi) is 4.37. The van der Waals surface area contributed by atoms with Crippen molar-refractivity contribution in [2.75, 3.05) is 17.7 Å². The van der Waals surface area contributed by atoms with Gasteiger partial charge in [-0.15, -0.1) is 0 Å². The number of carbonyl (C=O) groups excluding carboxylic acids is 1. The van der Waals surface area contributed by atoms with E-state index in [0.29, 0.717) is 17.3 Å². The molecule has 1 amide bonds. The number of primary amides is 1. The lowest BCUT2D eigenvalue weighted by Crippen LogP contribution is -2.31. The second-order valence-electron chi connectivity index (χ2n) is 4.22. The smallest absolute Gasteiger partial charge is 0.248 e. The lowest BCUT2D eigenvalue weighted by atomic mass is 10.1. The molecule has 0 saturated carbocycles. The average molecular weight is 235 g/mol. The summed E-state index contributed by atoms with van der Waals surface area (Å²) in [5.41, 5.74) is 13.3. The maximum Gasteiger partial charge on any atom is 0.248 e. The highest BCUT2D eigenvalue weighted by molar-refractivity contribution is 5.95. The molecule has 0 unspecified atom stereocenters. The minimum Gasteiger partial charge on any atom is -0.397 e. The molecule has 0 saturated heterocycles. The van der Waals surface area contributed by atoms with Crippen LogP contribution < -0.4 is 16.4 Å². The summed E-state index contributed by atoms with van der Waals surface area (Å²) in [6.45, 7) is 4.28. The van der Waals surface area contributed by atoms with Gasteiger partial charge in [0, 0.05) is 18.7 Å². The number of hydrogen-bond acceptors (Lipinski definition) is 3. The van der Waals surface area contributed by atoms with Crippen LogP contribution >= 0.6 is 0 Å². The Hall–Kier alpha value is -1.71. The molecule has 17 heavy (non-hydrogen) atoms. The van der Waals surface area contributed by atoms with E-state index in [1.807, 2.05) is 7.05 Å². The van der Waals surface area contributed by atoms with Crippen molar-refractivity contribution in [3.05, 3.63) is 23.8 Å². The second-order valence-corrected chi connectivity index (χ2v) is 4.22. The topological polar surface area (TPSA) is 72.3 Å². The Morgan fingerprint density at radius 2 is 1.94 bits per heavy atom. The Morgan fingerprint density at radius 3 is 2.41 bits per heavy atom. The number of anilines is 2. The molecule has 0 aliphatic carbocycles. The van der Waals surface area contributed by atoms with Gasteiger partial charge in [-0.05, 0) is 31.0 Å². The summed E-state index contributed by atoms with van der Waals surface area (Å²) >= 11 is 0. The third-order valence-corrected chi connectivity index (χ3v) is 3.19. The quantitative estimate of drug-likeness (QED) is 0.767. The molecular weight excluding hydrogens is 214 g/mol. The van der Waals surface area contributed by atoms with Crippen molar-refractivity contribution in [2.24, 2.45) is 5.73 Å².